The predicted molar refractivity (Wildman–Crippen MR) is 111 cm³/mol. The number of carbonyl (C=O) groups excluding carboxylic acids is 1. The van der Waals surface area contributed by atoms with Gasteiger partial charge in [-0.25, -0.2) is 8.42 Å². The number of anilines is 1. The number of nitrogens with zero attached hydrogens (tertiary/aromatic N) is 2. The molecule has 2 rings (SSSR count). The number of rotatable bonds is 6. The van der Waals surface area contributed by atoms with E-state index in [1.165, 1.54) is 0 Å². The molecule has 28 heavy (non-hydrogen) atoms. The van der Waals surface area contributed by atoms with Crippen LogP contribution in [-0.2, 0) is 15.6 Å². The molecule has 0 aliphatic rings. The average Bonchev–Trinajstić information content (AvgIpc) is 2.88. The zero-order valence-electron chi connectivity index (χ0n) is 17.6. The van der Waals surface area contributed by atoms with Crippen molar-refractivity contribution in [3.8, 4) is 0 Å². The van der Waals surface area contributed by atoms with Gasteiger partial charge < -0.3 is 5.32 Å². The van der Waals surface area contributed by atoms with Crippen molar-refractivity contribution in [1.29, 1.82) is 0 Å². The van der Waals surface area contributed by atoms with Crippen molar-refractivity contribution in [3.05, 3.63) is 41.2 Å². The summed E-state index contributed by atoms with van der Waals surface area (Å²) in [5.41, 5.74) is 1.15. The van der Waals surface area contributed by atoms with Gasteiger partial charge in [0, 0.05) is 6.54 Å². The zero-order valence-corrected chi connectivity index (χ0v) is 18.4. The van der Waals surface area contributed by atoms with Gasteiger partial charge in [-0.3, -0.25) is 14.2 Å². The highest BCUT2D eigenvalue weighted by molar-refractivity contribution is 7.92. The molecule has 0 spiro atoms. The van der Waals surface area contributed by atoms with Crippen LogP contribution in [0.4, 0.5) is 5.69 Å². The Balaban J connectivity index is 2.42. The lowest BCUT2D eigenvalue weighted by atomic mass is 10.1. The Labute approximate surface area is 167 Å². The Hall–Kier alpha value is -2.35. The van der Waals surface area contributed by atoms with Gasteiger partial charge in [-0.05, 0) is 52.7 Å². The Morgan fingerprint density at radius 1 is 1.18 bits per heavy atom. The van der Waals surface area contributed by atoms with E-state index in [1.807, 2.05) is 34.6 Å². The molecule has 1 amide bonds. The van der Waals surface area contributed by atoms with Crippen molar-refractivity contribution in [1.82, 2.24) is 15.1 Å². The van der Waals surface area contributed by atoms with Gasteiger partial charge in [0.1, 0.15) is 4.90 Å². The predicted octanol–water partition coefficient (Wildman–Crippen LogP) is 3.44. The Morgan fingerprint density at radius 3 is 2.32 bits per heavy atom. The van der Waals surface area contributed by atoms with Gasteiger partial charge in [0.2, 0.25) is 0 Å². The number of aromatic nitrogens is 2. The molecule has 8 heteroatoms. The highest BCUT2D eigenvalue weighted by Crippen LogP contribution is 2.27. The quantitative estimate of drug-likeness (QED) is 0.768. The second-order valence-corrected chi connectivity index (χ2v) is 9.96. The zero-order chi connectivity index (χ0) is 21.3. The minimum Gasteiger partial charge on any atom is -0.352 e. The summed E-state index contributed by atoms with van der Waals surface area (Å²) in [5, 5.41) is 7.23. The summed E-state index contributed by atoms with van der Waals surface area (Å²) < 4.78 is 30.5. The van der Waals surface area contributed by atoms with Crippen LogP contribution >= 0.6 is 0 Å². The van der Waals surface area contributed by atoms with E-state index in [4.69, 9.17) is 0 Å². The molecule has 0 fully saturated rings. The van der Waals surface area contributed by atoms with Crippen LogP contribution in [0.15, 0.2) is 29.2 Å². The van der Waals surface area contributed by atoms with Gasteiger partial charge in [-0.2, -0.15) is 5.10 Å². The molecule has 1 aromatic carbocycles. The van der Waals surface area contributed by atoms with Crippen molar-refractivity contribution in [2.24, 2.45) is 5.92 Å². The molecule has 0 aliphatic carbocycles. The molecule has 0 radical (unpaired) electrons. The molecule has 7 nitrogen and oxygen atoms in total. The largest absolute Gasteiger partial charge is 0.352 e. The first-order chi connectivity index (χ1) is 12.8. The highest BCUT2D eigenvalue weighted by atomic mass is 32.2. The summed E-state index contributed by atoms with van der Waals surface area (Å²) in [6, 6.07) is 6.58. The van der Waals surface area contributed by atoms with Crippen LogP contribution in [0, 0.1) is 19.8 Å². The number of hydrogen-bond acceptors (Lipinski definition) is 4. The third-order valence-electron chi connectivity index (χ3n) is 4.22. The Bertz CT molecular complexity index is 970. The van der Waals surface area contributed by atoms with Crippen molar-refractivity contribution in [2.75, 3.05) is 11.3 Å². The maximum Gasteiger partial charge on any atom is 0.265 e. The van der Waals surface area contributed by atoms with E-state index in [-0.39, 0.29) is 27.6 Å². The fourth-order valence-corrected chi connectivity index (χ4v) is 4.50. The van der Waals surface area contributed by atoms with Crippen LogP contribution in [0.3, 0.4) is 0 Å². The third kappa shape index (κ3) is 4.73. The van der Waals surface area contributed by atoms with Crippen LogP contribution < -0.4 is 10.0 Å². The summed E-state index contributed by atoms with van der Waals surface area (Å²) in [5.74, 6) is -0.0211. The van der Waals surface area contributed by atoms with Gasteiger partial charge in [0.25, 0.3) is 15.9 Å². The molecule has 0 aliphatic heterocycles. The fourth-order valence-electron chi connectivity index (χ4n) is 3.03. The molecule has 0 saturated heterocycles. The first kappa shape index (κ1) is 21.9. The summed E-state index contributed by atoms with van der Waals surface area (Å²) in [7, 11) is -3.91. The molecule has 1 heterocycles. The van der Waals surface area contributed by atoms with Gasteiger partial charge in [-0.1, -0.05) is 26.0 Å². The SMILES string of the molecule is Cc1nn(C(C)(C)C)c(C)c1S(=O)(=O)Nc1ccccc1C(=O)NCC(C)C. The smallest absolute Gasteiger partial charge is 0.265 e. The lowest BCUT2D eigenvalue weighted by Crippen LogP contribution is -2.28. The lowest BCUT2D eigenvalue weighted by Gasteiger charge is -2.21. The number of aryl methyl sites for hydroxylation is 1. The monoisotopic (exact) mass is 406 g/mol. The van der Waals surface area contributed by atoms with E-state index in [0.717, 1.165) is 0 Å². The molecule has 2 aromatic rings. The number of amides is 1. The second-order valence-electron chi connectivity index (χ2n) is 8.34. The molecular formula is C20H30N4O3S. The summed E-state index contributed by atoms with van der Waals surface area (Å²) in [6.07, 6.45) is 0. The molecule has 1 aromatic heterocycles. The second kappa shape index (κ2) is 7.95. The fraction of sp³-hybridized carbons (Fsp3) is 0.500. The minimum atomic E-state index is -3.91. The van der Waals surface area contributed by atoms with Gasteiger partial charge in [0.05, 0.1) is 28.2 Å². The van der Waals surface area contributed by atoms with Gasteiger partial charge in [0.15, 0.2) is 0 Å². The number of nitrogens with one attached hydrogen (secondary N) is 2. The Morgan fingerprint density at radius 2 is 1.79 bits per heavy atom. The standard InChI is InChI=1S/C20H30N4O3S/c1-13(2)12-21-19(25)16-10-8-9-11-17(16)23-28(26,27)18-14(3)22-24(15(18)4)20(5,6)7/h8-11,13,23H,12H2,1-7H3,(H,21,25). The lowest BCUT2D eigenvalue weighted by molar-refractivity contribution is 0.0950. The van der Waals surface area contributed by atoms with E-state index in [1.54, 1.807) is 42.8 Å². The number of sulfonamides is 1. The van der Waals surface area contributed by atoms with Crippen LogP contribution in [0.2, 0.25) is 0 Å². The van der Waals surface area contributed by atoms with Gasteiger partial charge in [-0.15, -0.1) is 0 Å². The van der Waals surface area contributed by atoms with Gasteiger partial charge >= 0.3 is 0 Å². The van der Waals surface area contributed by atoms with E-state index in [2.05, 4.69) is 15.1 Å². The number of para-hydroxylation sites is 1. The maximum atomic E-state index is 13.1. The van der Waals surface area contributed by atoms with Crippen molar-refractivity contribution in [3.63, 3.8) is 0 Å². The molecule has 0 atom stereocenters. The van der Waals surface area contributed by atoms with Crippen molar-refractivity contribution < 1.29 is 13.2 Å². The number of benzene rings is 1. The molecule has 0 bridgehead atoms. The minimum absolute atomic E-state index is 0.139. The van der Waals surface area contributed by atoms with Crippen LogP contribution in [0.25, 0.3) is 0 Å². The first-order valence-electron chi connectivity index (χ1n) is 9.31. The molecule has 0 saturated carbocycles. The van der Waals surface area contributed by atoms with E-state index >= 15 is 0 Å². The molecule has 154 valence electrons. The van der Waals surface area contributed by atoms with E-state index in [0.29, 0.717) is 23.9 Å². The molecular weight excluding hydrogens is 376 g/mol. The molecule has 0 unspecified atom stereocenters. The van der Waals surface area contributed by atoms with Crippen molar-refractivity contribution in [2.45, 2.75) is 58.9 Å². The summed E-state index contributed by atoms with van der Waals surface area (Å²) in [4.78, 5) is 12.6. The molecule has 2 N–H and O–H groups in total. The maximum absolute atomic E-state index is 13.1. The van der Waals surface area contributed by atoms with Crippen LogP contribution in [0.1, 0.15) is 56.4 Å². The topological polar surface area (TPSA) is 93.1 Å². The van der Waals surface area contributed by atoms with Crippen molar-refractivity contribution >= 4 is 21.6 Å². The number of carbonyl (C=O) groups is 1. The first-order valence-corrected chi connectivity index (χ1v) is 10.8. The van der Waals surface area contributed by atoms with E-state index in [9.17, 15) is 13.2 Å². The normalized spacial score (nSPS) is 12.3. The summed E-state index contributed by atoms with van der Waals surface area (Å²) in [6.45, 7) is 13.8. The van der Waals surface area contributed by atoms with E-state index < -0.39 is 10.0 Å². The number of hydrogen-bond donors (Lipinski definition) is 2. The Kier molecular flexibility index (Phi) is 6.23. The van der Waals surface area contributed by atoms with Crippen LogP contribution in [-0.4, -0.2) is 30.7 Å². The third-order valence-corrected chi connectivity index (χ3v) is 5.83. The average molecular weight is 407 g/mol. The summed E-state index contributed by atoms with van der Waals surface area (Å²) >= 11 is 0. The highest BCUT2D eigenvalue weighted by Gasteiger charge is 2.29. The van der Waals surface area contributed by atoms with Crippen LogP contribution in [0.5, 0.6) is 0 Å².